The van der Waals surface area contributed by atoms with Crippen molar-refractivity contribution < 1.29 is 5.11 Å². The van der Waals surface area contributed by atoms with Crippen LogP contribution in [0.25, 0.3) is 0 Å². The molecule has 0 aliphatic rings. The van der Waals surface area contributed by atoms with Gasteiger partial charge in [-0.2, -0.15) is 11.8 Å². The minimum atomic E-state index is -0.400. The Balaban J connectivity index is 3.36. The van der Waals surface area contributed by atoms with E-state index >= 15 is 0 Å². The van der Waals surface area contributed by atoms with Gasteiger partial charge in [0.15, 0.2) is 0 Å². The Kier molecular flexibility index (Phi) is 21.9. The highest BCUT2D eigenvalue weighted by atomic mass is 32.2. The lowest BCUT2D eigenvalue weighted by Gasteiger charge is -2.18. The minimum absolute atomic E-state index is 0.351. The molecule has 0 spiro atoms. The molecule has 1 radical (unpaired) electrons. The van der Waals surface area contributed by atoms with Crippen molar-refractivity contribution in [1.82, 2.24) is 0 Å². The van der Waals surface area contributed by atoms with Crippen LogP contribution in [0.5, 0.6) is 0 Å². The van der Waals surface area contributed by atoms with Crippen molar-refractivity contribution in [2.75, 3.05) is 5.75 Å². The molecule has 0 N–H and O–H groups in total. The summed E-state index contributed by atoms with van der Waals surface area (Å²) in [4.78, 5) is 0. The summed E-state index contributed by atoms with van der Waals surface area (Å²) in [6.07, 6.45) is 24.2. The molecule has 2 heteroatoms. The van der Waals surface area contributed by atoms with Crippen LogP contribution in [0.15, 0.2) is 0 Å². The quantitative estimate of drug-likeness (QED) is 0.180. The molecule has 0 aromatic rings. The molecule has 1 nitrogen and oxygen atoms in total. The zero-order chi connectivity index (χ0) is 19.3. The maximum Gasteiger partial charge on any atom is 0.102 e. The van der Waals surface area contributed by atoms with Crippen molar-refractivity contribution in [1.29, 1.82) is 0 Å². The monoisotopic (exact) mass is 385 g/mol. The summed E-state index contributed by atoms with van der Waals surface area (Å²) in [5.41, 5.74) is 0. The summed E-state index contributed by atoms with van der Waals surface area (Å²) in [6.45, 7) is 6.41. The average Bonchev–Trinajstić information content (AvgIpc) is 2.63. The molecule has 0 aromatic carbocycles. The van der Waals surface area contributed by atoms with Crippen LogP contribution in [0, 0.1) is 0 Å². The van der Waals surface area contributed by atoms with Crippen molar-refractivity contribution in [2.24, 2.45) is 0 Å². The van der Waals surface area contributed by atoms with Gasteiger partial charge in [0.05, 0.1) is 0 Å². The van der Waals surface area contributed by atoms with Crippen LogP contribution in [-0.4, -0.2) is 17.1 Å². The van der Waals surface area contributed by atoms with E-state index in [1.807, 2.05) is 18.7 Å². The summed E-state index contributed by atoms with van der Waals surface area (Å²) in [5, 5.41) is 12.2. The van der Waals surface area contributed by atoms with Crippen LogP contribution >= 0.6 is 11.8 Å². The standard InChI is InChI=1S/C24H49OS/c1-4-6-8-10-11-12-13-14-15-16-18-20-22-26-24(23(3)25)21-19-17-9-7-5-2/h23-24H,4-22H2,1-3H3. The van der Waals surface area contributed by atoms with Gasteiger partial charge in [-0.3, -0.25) is 0 Å². The van der Waals surface area contributed by atoms with E-state index in [1.165, 1.54) is 115 Å². The average molecular weight is 386 g/mol. The van der Waals surface area contributed by atoms with E-state index in [0.29, 0.717) is 5.25 Å². The molecule has 26 heavy (non-hydrogen) atoms. The Morgan fingerprint density at radius 3 is 1.38 bits per heavy atom. The molecule has 0 aliphatic carbocycles. The maximum atomic E-state index is 11.9. The fourth-order valence-corrected chi connectivity index (χ4v) is 4.86. The van der Waals surface area contributed by atoms with Gasteiger partial charge in [0.25, 0.3) is 0 Å². The summed E-state index contributed by atoms with van der Waals surface area (Å²) in [5.74, 6) is 1.20. The van der Waals surface area contributed by atoms with Gasteiger partial charge in [-0.15, -0.1) is 0 Å². The molecule has 0 bridgehead atoms. The predicted molar refractivity (Wildman–Crippen MR) is 121 cm³/mol. The second kappa shape index (κ2) is 21.6. The van der Waals surface area contributed by atoms with Gasteiger partial charge in [0, 0.05) is 5.25 Å². The summed E-state index contributed by atoms with van der Waals surface area (Å²) in [7, 11) is 0. The van der Waals surface area contributed by atoms with Crippen LogP contribution < -0.4 is 0 Å². The van der Waals surface area contributed by atoms with E-state index in [4.69, 9.17) is 0 Å². The molecule has 0 heterocycles. The van der Waals surface area contributed by atoms with E-state index in [2.05, 4.69) is 13.8 Å². The summed E-state index contributed by atoms with van der Waals surface area (Å²) in [6, 6.07) is 0. The van der Waals surface area contributed by atoms with Crippen molar-refractivity contribution >= 4 is 11.8 Å². The Morgan fingerprint density at radius 2 is 0.962 bits per heavy atom. The Morgan fingerprint density at radius 1 is 0.577 bits per heavy atom. The molecule has 0 amide bonds. The third kappa shape index (κ3) is 19.1. The van der Waals surface area contributed by atoms with Gasteiger partial charge in [0.2, 0.25) is 0 Å². The molecule has 0 fully saturated rings. The van der Waals surface area contributed by atoms with E-state index in [0.717, 1.165) is 6.42 Å². The van der Waals surface area contributed by atoms with Crippen LogP contribution in [0.1, 0.15) is 136 Å². The number of thioether (sulfide) groups is 1. The fraction of sp³-hybridized carbons (Fsp3) is 1.00. The number of unbranched alkanes of at least 4 members (excludes halogenated alkanes) is 15. The number of hydrogen-bond donors (Lipinski definition) is 0. The summed E-state index contributed by atoms with van der Waals surface area (Å²) < 4.78 is 0. The molecule has 2 atom stereocenters. The van der Waals surface area contributed by atoms with E-state index < -0.39 is 6.10 Å². The third-order valence-corrected chi connectivity index (χ3v) is 7.02. The van der Waals surface area contributed by atoms with Crippen LogP contribution in [0.2, 0.25) is 0 Å². The maximum absolute atomic E-state index is 11.9. The van der Waals surface area contributed by atoms with Gasteiger partial charge in [0.1, 0.15) is 6.10 Å². The van der Waals surface area contributed by atoms with Crippen molar-refractivity contribution in [3.63, 3.8) is 0 Å². The smallest absolute Gasteiger partial charge is 0.102 e. The highest BCUT2D eigenvalue weighted by molar-refractivity contribution is 7.99. The highest BCUT2D eigenvalue weighted by Crippen LogP contribution is 2.24. The lowest BCUT2D eigenvalue weighted by molar-refractivity contribution is 0.100. The lowest BCUT2D eigenvalue weighted by Crippen LogP contribution is -2.18. The minimum Gasteiger partial charge on any atom is -0.232 e. The van der Waals surface area contributed by atoms with E-state index in [1.54, 1.807) is 0 Å². The molecule has 0 saturated carbocycles. The van der Waals surface area contributed by atoms with Crippen molar-refractivity contribution in [3.05, 3.63) is 0 Å². The molecule has 157 valence electrons. The third-order valence-electron chi connectivity index (χ3n) is 5.45. The Hall–Kier alpha value is 0.310. The number of rotatable bonds is 21. The first-order chi connectivity index (χ1) is 12.7. The van der Waals surface area contributed by atoms with Crippen molar-refractivity contribution in [2.45, 2.75) is 148 Å². The molecule has 0 aromatic heterocycles. The van der Waals surface area contributed by atoms with Crippen LogP contribution in [0.3, 0.4) is 0 Å². The Labute approximate surface area is 170 Å². The first kappa shape index (κ1) is 26.3. The highest BCUT2D eigenvalue weighted by Gasteiger charge is 2.16. The SMILES string of the molecule is CCCCCCCCCCCCCCSC(CCCCCCC)C(C)[O]. The molecule has 0 saturated heterocycles. The largest absolute Gasteiger partial charge is 0.232 e. The second-order valence-corrected chi connectivity index (χ2v) is 9.55. The predicted octanol–water partition coefficient (Wildman–Crippen LogP) is 8.97. The number of hydrogen-bond acceptors (Lipinski definition) is 1. The first-order valence-electron chi connectivity index (χ1n) is 12.0. The molecular formula is C24H49OS. The van der Waals surface area contributed by atoms with Gasteiger partial charge in [-0.05, 0) is 25.5 Å². The molecule has 0 aliphatic heterocycles. The molecular weight excluding hydrogens is 336 g/mol. The second-order valence-electron chi connectivity index (χ2n) is 8.21. The first-order valence-corrected chi connectivity index (χ1v) is 13.0. The van der Waals surface area contributed by atoms with Gasteiger partial charge >= 0.3 is 0 Å². The van der Waals surface area contributed by atoms with Gasteiger partial charge in [-0.1, -0.05) is 117 Å². The zero-order valence-corrected chi connectivity index (χ0v) is 19.2. The lowest BCUT2D eigenvalue weighted by atomic mass is 10.1. The van der Waals surface area contributed by atoms with E-state index in [-0.39, 0.29) is 0 Å². The Bertz CT molecular complexity index is 255. The van der Waals surface area contributed by atoms with Crippen LogP contribution in [-0.2, 0) is 5.11 Å². The van der Waals surface area contributed by atoms with Crippen LogP contribution in [0.4, 0.5) is 0 Å². The zero-order valence-electron chi connectivity index (χ0n) is 18.4. The van der Waals surface area contributed by atoms with Crippen molar-refractivity contribution in [3.8, 4) is 0 Å². The fourth-order valence-electron chi connectivity index (χ4n) is 3.58. The van der Waals surface area contributed by atoms with E-state index in [9.17, 15) is 5.11 Å². The van der Waals surface area contributed by atoms with Gasteiger partial charge in [-0.25, -0.2) is 5.11 Å². The summed E-state index contributed by atoms with van der Waals surface area (Å²) >= 11 is 1.96. The van der Waals surface area contributed by atoms with Gasteiger partial charge < -0.3 is 0 Å². The topological polar surface area (TPSA) is 19.9 Å². The normalized spacial score (nSPS) is 13.8. The molecule has 2 unspecified atom stereocenters. The molecule has 0 rings (SSSR count).